The zero-order chi connectivity index (χ0) is 11.5. The summed E-state index contributed by atoms with van der Waals surface area (Å²) in [4.78, 5) is 0. The van der Waals surface area contributed by atoms with E-state index in [1.165, 1.54) is 6.42 Å². The third kappa shape index (κ3) is 3.30. The van der Waals surface area contributed by atoms with Gasteiger partial charge in [0, 0.05) is 6.54 Å². The smallest absolute Gasteiger partial charge is 0.0962 e. The molecule has 1 aromatic heterocycles. The lowest BCUT2D eigenvalue weighted by molar-refractivity contribution is 0.268. The quantitative estimate of drug-likeness (QED) is 0.807. The van der Waals surface area contributed by atoms with Crippen molar-refractivity contribution in [2.75, 3.05) is 0 Å². The van der Waals surface area contributed by atoms with Crippen molar-refractivity contribution in [2.45, 2.75) is 52.6 Å². The van der Waals surface area contributed by atoms with Gasteiger partial charge in [0.05, 0.1) is 17.4 Å². The summed E-state index contributed by atoms with van der Waals surface area (Å²) in [7, 11) is 0. The van der Waals surface area contributed by atoms with Crippen LogP contribution in [0, 0.1) is 5.92 Å². The van der Waals surface area contributed by atoms with Crippen molar-refractivity contribution in [3.8, 4) is 0 Å². The number of hydrogen-bond donors (Lipinski definition) is 1. The zero-order valence-electron chi connectivity index (χ0n) is 10.2. The van der Waals surface area contributed by atoms with Gasteiger partial charge in [-0.3, -0.25) is 0 Å². The fraction of sp³-hybridized carbons (Fsp3) is 0.818. The number of hydrogen-bond acceptors (Lipinski definition) is 3. The molecule has 86 valence electrons. The van der Waals surface area contributed by atoms with Crippen LogP contribution in [0.15, 0.2) is 6.20 Å². The topological polar surface area (TPSA) is 56.7 Å². The van der Waals surface area contributed by atoms with Gasteiger partial charge >= 0.3 is 0 Å². The Balaban J connectivity index is 2.67. The minimum Gasteiger partial charge on any atom is -0.325 e. The van der Waals surface area contributed by atoms with E-state index in [9.17, 15) is 0 Å². The first-order valence-electron chi connectivity index (χ1n) is 5.57. The molecule has 0 saturated carbocycles. The predicted octanol–water partition coefficient (Wildman–Crippen LogP) is 1.91. The minimum absolute atomic E-state index is 0.0324. The molecule has 0 radical (unpaired) electrons. The molecule has 0 aliphatic carbocycles. The van der Waals surface area contributed by atoms with Crippen molar-refractivity contribution < 1.29 is 0 Å². The van der Waals surface area contributed by atoms with Crippen LogP contribution in [0.2, 0.25) is 0 Å². The Morgan fingerprint density at radius 1 is 1.47 bits per heavy atom. The zero-order valence-corrected chi connectivity index (χ0v) is 10.2. The maximum atomic E-state index is 5.51. The molecule has 0 saturated heterocycles. The molecule has 0 fully saturated rings. The molecule has 0 aliphatic rings. The largest absolute Gasteiger partial charge is 0.325 e. The molecular formula is C11H22N4. The highest BCUT2D eigenvalue weighted by molar-refractivity contribution is 4.93. The van der Waals surface area contributed by atoms with Crippen LogP contribution in [0.1, 0.15) is 46.2 Å². The lowest BCUT2D eigenvalue weighted by atomic mass is 9.94. The van der Waals surface area contributed by atoms with Gasteiger partial charge < -0.3 is 5.73 Å². The molecule has 0 aliphatic heterocycles. The number of aromatic nitrogens is 3. The lowest BCUT2D eigenvalue weighted by Crippen LogP contribution is -2.27. The Labute approximate surface area is 91.9 Å². The first-order valence-corrected chi connectivity index (χ1v) is 5.57. The Bertz CT molecular complexity index is 301. The van der Waals surface area contributed by atoms with E-state index in [0.717, 1.165) is 18.0 Å². The van der Waals surface area contributed by atoms with E-state index >= 15 is 0 Å². The summed E-state index contributed by atoms with van der Waals surface area (Å²) in [5, 5.41) is 8.14. The van der Waals surface area contributed by atoms with Crippen LogP contribution in [0.3, 0.4) is 0 Å². The molecule has 0 atom stereocenters. The van der Waals surface area contributed by atoms with Gasteiger partial charge in [-0.25, -0.2) is 4.68 Å². The summed E-state index contributed by atoms with van der Waals surface area (Å²) >= 11 is 0. The van der Waals surface area contributed by atoms with Crippen molar-refractivity contribution in [2.24, 2.45) is 11.7 Å². The Morgan fingerprint density at radius 3 is 2.60 bits per heavy atom. The minimum atomic E-state index is 0.0324. The molecule has 1 aromatic rings. The highest BCUT2D eigenvalue weighted by atomic mass is 15.4. The fourth-order valence-electron chi connectivity index (χ4n) is 1.44. The average molecular weight is 210 g/mol. The number of nitrogens with zero attached hydrogens (tertiary/aromatic N) is 3. The second-order valence-electron chi connectivity index (χ2n) is 5.10. The van der Waals surface area contributed by atoms with Crippen molar-refractivity contribution in [3.63, 3.8) is 0 Å². The summed E-state index contributed by atoms with van der Waals surface area (Å²) in [6.45, 7) is 9.31. The Kier molecular flexibility index (Phi) is 3.85. The standard InChI is InChI=1S/C11H22N4/c1-9(2)5-6-11(3,4)15-8-10(7-12)13-14-15/h8-9H,5-7,12H2,1-4H3. The van der Waals surface area contributed by atoms with Gasteiger partial charge in [-0.1, -0.05) is 19.1 Å². The Morgan fingerprint density at radius 2 is 2.13 bits per heavy atom. The van der Waals surface area contributed by atoms with Gasteiger partial charge in [-0.15, -0.1) is 5.10 Å². The molecule has 15 heavy (non-hydrogen) atoms. The molecule has 4 heteroatoms. The monoisotopic (exact) mass is 210 g/mol. The molecule has 0 spiro atoms. The lowest BCUT2D eigenvalue weighted by Gasteiger charge is -2.25. The number of nitrogens with two attached hydrogens (primary N) is 1. The van der Waals surface area contributed by atoms with Crippen LogP contribution in [0.25, 0.3) is 0 Å². The fourth-order valence-corrected chi connectivity index (χ4v) is 1.44. The molecule has 0 amide bonds. The van der Waals surface area contributed by atoms with Crippen LogP contribution in [-0.4, -0.2) is 15.0 Å². The number of rotatable bonds is 5. The van der Waals surface area contributed by atoms with Gasteiger partial charge in [-0.2, -0.15) is 0 Å². The molecule has 0 aromatic carbocycles. The molecule has 1 heterocycles. The van der Waals surface area contributed by atoms with E-state index in [2.05, 4.69) is 38.0 Å². The summed E-state index contributed by atoms with van der Waals surface area (Å²) in [5.41, 5.74) is 6.40. The highest BCUT2D eigenvalue weighted by Crippen LogP contribution is 2.22. The van der Waals surface area contributed by atoms with Gasteiger partial charge in [0.1, 0.15) is 0 Å². The molecule has 1 rings (SSSR count). The normalized spacial score (nSPS) is 12.4. The summed E-state index contributed by atoms with van der Waals surface area (Å²) < 4.78 is 1.93. The second-order valence-corrected chi connectivity index (χ2v) is 5.10. The van der Waals surface area contributed by atoms with Gasteiger partial charge in [0.2, 0.25) is 0 Å². The first kappa shape index (κ1) is 12.2. The second kappa shape index (κ2) is 4.75. The maximum Gasteiger partial charge on any atom is 0.0962 e. The van der Waals surface area contributed by atoms with Crippen LogP contribution in [-0.2, 0) is 12.1 Å². The van der Waals surface area contributed by atoms with Crippen molar-refractivity contribution in [1.29, 1.82) is 0 Å². The van der Waals surface area contributed by atoms with Gasteiger partial charge in [0.25, 0.3) is 0 Å². The van der Waals surface area contributed by atoms with E-state index < -0.39 is 0 Å². The van der Waals surface area contributed by atoms with Crippen molar-refractivity contribution in [1.82, 2.24) is 15.0 Å². The summed E-state index contributed by atoms with van der Waals surface area (Å²) in [5.74, 6) is 0.724. The van der Waals surface area contributed by atoms with Gasteiger partial charge in [-0.05, 0) is 32.6 Å². The van der Waals surface area contributed by atoms with Crippen LogP contribution in [0.4, 0.5) is 0 Å². The van der Waals surface area contributed by atoms with Crippen LogP contribution < -0.4 is 5.73 Å². The van der Waals surface area contributed by atoms with E-state index in [-0.39, 0.29) is 5.54 Å². The molecule has 0 unspecified atom stereocenters. The molecule has 4 nitrogen and oxygen atoms in total. The van der Waals surface area contributed by atoms with Crippen molar-refractivity contribution in [3.05, 3.63) is 11.9 Å². The molecule has 0 bridgehead atoms. The van der Waals surface area contributed by atoms with Gasteiger partial charge in [0.15, 0.2) is 0 Å². The molecular weight excluding hydrogens is 188 g/mol. The molecule has 2 N–H and O–H groups in total. The summed E-state index contributed by atoms with van der Waals surface area (Å²) in [6.07, 6.45) is 4.25. The summed E-state index contributed by atoms with van der Waals surface area (Å²) in [6, 6.07) is 0. The van der Waals surface area contributed by atoms with E-state index in [1.54, 1.807) is 0 Å². The van der Waals surface area contributed by atoms with E-state index in [4.69, 9.17) is 5.73 Å². The Hall–Kier alpha value is -0.900. The SMILES string of the molecule is CC(C)CCC(C)(C)n1cc(CN)nn1. The van der Waals surface area contributed by atoms with Crippen LogP contribution >= 0.6 is 0 Å². The van der Waals surface area contributed by atoms with E-state index in [1.807, 2.05) is 10.9 Å². The maximum absolute atomic E-state index is 5.51. The van der Waals surface area contributed by atoms with Crippen LogP contribution in [0.5, 0.6) is 0 Å². The average Bonchev–Trinajstić information content (AvgIpc) is 2.63. The first-order chi connectivity index (χ1) is 6.95. The highest BCUT2D eigenvalue weighted by Gasteiger charge is 2.21. The predicted molar refractivity (Wildman–Crippen MR) is 61.3 cm³/mol. The third-order valence-corrected chi connectivity index (χ3v) is 2.70. The third-order valence-electron chi connectivity index (χ3n) is 2.70. The van der Waals surface area contributed by atoms with E-state index in [0.29, 0.717) is 6.54 Å². The van der Waals surface area contributed by atoms with Crippen molar-refractivity contribution >= 4 is 0 Å².